The number of para-hydroxylation sites is 1. The largest absolute Gasteiger partial charge is 0.270 e. The molecule has 0 aliphatic carbocycles. The zero-order chi connectivity index (χ0) is 21.4. The number of hydrogen-bond donors (Lipinski definition) is 0. The van der Waals surface area contributed by atoms with Gasteiger partial charge in [-0.2, -0.15) is 11.3 Å². The molecule has 7 heteroatoms. The van der Waals surface area contributed by atoms with Crippen LogP contribution in [-0.2, 0) is 10.0 Å². The molecular weight excluding hydrogens is 426 g/mol. The Morgan fingerprint density at radius 2 is 1.71 bits per heavy atom. The highest BCUT2D eigenvalue weighted by Crippen LogP contribution is 2.47. The van der Waals surface area contributed by atoms with Crippen LogP contribution in [0.15, 0.2) is 95.5 Å². The van der Waals surface area contributed by atoms with Crippen molar-refractivity contribution in [2.75, 3.05) is 0 Å². The summed E-state index contributed by atoms with van der Waals surface area (Å²) in [6, 6.07) is 21.8. The van der Waals surface area contributed by atoms with E-state index in [1.165, 1.54) is 21.5 Å². The molecule has 0 atom stereocenters. The van der Waals surface area contributed by atoms with Crippen LogP contribution < -0.4 is 0 Å². The van der Waals surface area contributed by atoms with Gasteiger partial charge in [0.25, 0.3) is 10.0 Å². The first-order valence-corrected chi connectivity index (χ1v) is 11.7. The summed E-state index contributed by atoms with van der Waals surface area (Å²) in [5.41, 5.74) is 3.32. The number of thiophene rings is 1. The normalized spacial score (nSPS) is 11.5. The van der Waals surface area contributed by atoms with Crippen LogP contribution in [0, 0.1) is 6.57 Å². The minimum Gasteiger partial charge on any atom is -0.263 e. The number of fused-ring (bicyclic) bond motifs is 1. The fourth-order valence-electron chi connectivity index (χ4n) is 3.77. The maximum Gasteiger partial charge on any atom is 0.270 e. The summed E-state index contributed by atoms with van der Waals surface area (Å²) >= 11 is 1.35. The lowest BCUT2D eigenvalue weighted by molar-refractivity contribution is 0.589. The van der Waals surface area contributed by atoms with Gasteiger partial charge in [-0.1, -0.05) is 54.6 Å². The topological polar surface area (TPSA) is 56.3 Å². The summed E-state index contributed by atoms with van der Waals surface area (Å²) in [4.78, 5) is 7.80. The van der Waals surface area contributed by atoms with Gasteiger partial charge in [-0.15, -0.1) is 0 Å². The zero-order valence-corrected chi connectivity index (χ0v) is 17.8. The van der Waals surface area contributed by atoms with Crippen molar-refractivity contribution >= 4 is 37.3 Å². The molecule has 5 rings (SSSR count). The van der Waals surface area contributed by atoms with Crippen LogP contribution in [0.3, 0.4) is 0 Å². The molecule has 2 aromatic carbocycles. The molecule has 0 unspecified atom stereocenters. The van der Waals surface area contributed by atoms with Gasteiger partial charge in [0.1, 0.15) is 4.90 Å². The predicted octanol–water partition coefficient (Wildman–Crippen LogP) is 6.22. The van der Waals surface area contributed by atoms with Crippen molar-refractivity contribution in [2.45, 2.75) is 4.90 Å². The number of rotatable bonds is 4. The molecule has 0 N–H and O–H groups in total. The van der Waals surface area contributed by atoms with Crippen molar-refractivity contribution in [3.63, 3.8) is 0 Å². The van der Waals surface area contributed by atoms with E-state index in [0.717, 1.165) is 22.1 Å². The van der Waals surface area contributed by atoms with Gasteiger partial charge in [0.2, 0.25) is 5.00 Å². The number of nitrogens with zero attached hydrogens (tertiary/aromatic N) is 3. The Balaban J connectivity index is 1.99. The summed E-state index contributed by atoms with van der Waals surface area (Å²) in [6.45, 7) is 7.60. The van der Waals surface area contributed by atoms with E-state index >= 15 is 0 Å². The molecule has 5 aromatic rings. The van der Waals surface area contributed by atoms with Gasteiger partial charge in [-0.05, 0) is 29.1 Å². The number of pyridine rings is 1. The van der Waals surface area contributed by atoms with Crippen LogP contribution in [0.4, 0.5) is 5.00 Å². The van der Waals surface area contributed by atoms with Crippen LogP contribution in [0.5, 0.6) is 0 Å². The van der Waals surface area contributed by atoms with Gasteiger partial charge in [-0.3, -0.25) is 4.98 Å². The lowest BCUT2D eigenvalue weighted by Crippen LogP contribution is -2.14. The van der Waals surface area contributed by atoms with E-state index in [-0.39, 0.29) is 4.90 Å². The van der Waals surface area contributed by atoms with E-state index in [1.54, 1.807) is 24.4 Å². The first-order valence-electron chi connectivity index (χ1n) is 9.42. The number of benzene rings is 2. The minimum atomic E-state index is -3.95. The van der Waals surface area contributed by atoms with Gasteiger partial charge in [-0.25, -0.2) is 17.2 Å². The smallest absolute Gasteiger partial charge is 0.263 e. The van der Waals surface area contributed by atoms with Crippen molar-refractivity contribution in [1.82, 2.24) is 8.96 Å². The molecule has 0 aliphatic rings. The molecule has 0 saturated heterocycles. The third kappa shape index (κ3) is 3.05. The third-order valence-electron chi connectivity index (χ3n) is 5.07. The van der Waals surface area contributed by atoms with Crippen molar-refractivity contribution in [1.29, 1.82) is 0 Å². The fraction of sp³-hybridized carbons (Fsp3) is 0. The minimum absolute atomic E-state index is 0.107. The quantitative estimate of drug-likeness (QED) is 0.311. The van der Waals surface area contributed by atoms with E-state index in [9.17, 15) is 8.42 Å². The SMILES string of the molecule is [C-]#[N+]c1sccc1-c1c(-c2ccccc2)n(S(=O)(=O)c2cccnc2)c2ccccc12. The van der Waals surface area contributed by atoms with Gasteiger partial charge in [0, 0.05) is 28.9 Å². The molecule has 0 bridgehead atoms. The highest BCUT2D eigenvalue weighted by Gasteiger charge is 2.29. The highest BCUT2D eigenvalue weighted by atomic mass is 32.2. The van der Waals surface area contributed by atoms with Gasteiger partial charge in [0.05, 0.1) is 17.8 Å². The average molecular weight is 442 g/mol. The maximum absolute atomic E-state index is 13.8. The Hall–Kier alpha value is -3.73. The summed E-state index contributed by atoms with van der Waals surface area (Å²) in [5.74, 6) is 0. The summed E-state index contributed by atoms with van der Waals surface area (Å²) in [7, 11) is -3.95. The second-order valence-electron chi connectivity index (χ2n) is 6.82. The average Bonchev–Trinajstić information content (AvgIpc) is 3.42. The molecule has 3 heterocycles. The van der Waals surface area contributed by atoms with Crippen LogP contribution in [-0.4, -0.2) is 17.4 Å². The van der Waals surface area contributed by atoms with E-state index < -0.39 is 10.0 Å². The lowest BCUT2D eigenvalue weighted by atomic mass is 10.00. The van der Waals surface area contributed by atoms with Gasteiger partial charge >= 0.3 is 0 Å². The molecule has 0 aliphatic heterocycles. The number of hydrogen-bond acceptors (Lipinski definition) is 4. The summed E-state index contributed by atoms with van der Waals surface area (Å²) in [5, 5.41) is 3.16. The maximum atomic E-state index is 13.8. The van der Waals surface area contributed by atoms with Gasteiger partial charge in [0.15, 0.2) is 0 Å². The van der Waals surface area contributed by atoms with E-state index in [1.807, 2.05) is 60.0 Å². The summed E-state index contributed by atoms with van der Waals surface area (Å²) < 4.78 is 29.1. The number of aromatic nitrogens is 2. The molecule has 0 amide bonds. The van der Waals surface area contributed by atoms with Crippen molar-refractivity contribution in [3.05, 3.63) is 102 Å². The zero-order valence-electron chi connectivity index (χ0n) is 16.1. The molecule has 0 spiro atoms. The van der Waals surface area contributed by atoms with E-state index in [4.69, 9.17) is 6.57 Å². The second-order valence-corrected chi connectivity index (χ2v) is 9.50. The predicted molar refractivity (Wildman–Crippen MR) is 124 cm³/mol. The molecule has 5 nitrogen and oxygen atoms in total. The van der Waals surface area contributed by atoms with Gasteiger partial charge < -0.3 is 0 Å². The lowest BCUT2D eigenvalue weighted by Gasteiger charge is -2.13. The molecular formula is C24H15N3O2S2. The Bertz CT molecular complexity index is 1550. The molecule has 150 valence electrons. The Morgan fingerprint density at radius 3 is 2.45 bits per heavy atom. The Labute approximate surface area is 183 Å². The first-order chi connectivity index (χ1) is 15.1. The molecule has 0 radical (unpaired) electrons. The fourth-order valence-corrected chi connectivity index (χ4v) is 5.97. The van der Waals surface area contributed by atoms with Crippen LogP contribution in [0.25, 0.3) is 38.1 Å². The second kappa shape index (κ2) is 7.51. The monoisotopic (exact) mass is 441 g/mol. The van der Waals surface area contributed by atoms with Crippen molar-refractivity contribution < 1.29 is 8.42 Å². The third-order valence-corrected chi connectivity index (χ3v) is 7.57. The van der Waals surface area contributed by atoms with Crippen LogP contribution in [0.2, 0.25) is 0 Å². The van der Waals surface area contributed by atoms with Crippen LogP contribution in [0.1, 0.15) is 0 Å². The van der Waals surface area contributed by atoms with Crippen LogP contribution >= 0.6 is 11.3 Å². The molecule has 31 heavy (non-hydrogen) atoms. The standard InChI is InChI=1S/C24H15N3O2S2/c1-25-24-20(13-15-30-24)22-19-11-5-6-12-21(19)27(23(22)17-8-3-2-4-9-17)31(28,29)18-10-7-14-26-16-18/h2-16H. The molecule has 0 saturated carbocycles. The highest BCUT2D eigenvalue weighted by molar-refractivity contribution is 7.90. The van der Waals surface area contributed by atoms with E-state index in [0.29, 0.717) is 16.2 Å². The first kappa shape index (κ1) is 19.2. The Morgan fingerprint density at radius 1 is 0.935 bits per heavy atom. The molecule has 3 aromatic heterocycles. The van der Waals surface area contributed by atoms with Crippen molar-refractivity contribution in [2.24, 2.45) is 0 Å². The van der Waals surface area contributed by atoms with E-state index in [2.05, 4.69) is 9.83 Å². The molecule has 0 fully saturated rings. The summed E-state index contributed by atoms with van der Waals surface area (Å²) in [6.07, 6.45) is 2.90. The van der Waals surface area contributed by atoms with Crippen molar-refractivity contribution in [3.8, 4) is 22.4 Å². The Kier molecular flexibility index (Phi) is 4.66.